The summed E-state index contributed by atoms with van der Waals surface area (Å²) >= 11 is 5.77. The Morgan fingerprint density at radius 1 is 1.07 bits per heavy atom. The molecule has 4 aromatic rings. The number of carbonyl (C=O) groups excluding carboxylic acids is 2. The number of para-hydroxylation sites is 1. The van der Waals surface area contributed by atoms with Gasteiger partial charge in [-0.3, -0.25) is 9.78 Å². The van der Waals surface area contributed by atoms with Gasteiger partial charge < -0.3 is 24.8 Å². The number of hydrogen-bond acceptors (Lipinski definition) is 5. The van der Waals surface area contributed by atoms with Gasteiger partial charge in [0.2, 0.25) is 5.91 Å². The first kappa shape index (κ1) is 28.0. The Bertz CT molecular complexity index is 1590. The fraction of sp³-hybridized carbons (Fsp3) is 0.226. The summed E-state index contributed by atoms with van der Waals surface area (Å²) in [6.07, 6.45) is 1.85. The van der Waals surface area contributed by atoms with Gasteiger partial charge in [-0.1, -0.05) is 18.2 Å². The summed E-state index contributed by atoms with van der Waals surface area (Å²) in [5.74, 6) is -1.19. The first-order valence-electron chi connectivity index (χ1n) is 13.2. The molecule has 0 unspecified atom stereocenters. The lowest BCUT2D eigenvalue weighted by atomic mass is 9.96. The Kier molecular flexibility index (Phi) is 8.11. The molecule has 8 nitrogen and oxygen atoms in total. The molecule has 210 valence electrons. The van der Waals surface area contributed by atoms with Crippen molar-refractivity contribution in [2.75, 3.05) is 19.0 Å². The Morgan fingerprint density at radius 2 is 1.80 bits per heavy atom. The monoisotopic (exact) mass is 571 g/mol. The van der Waals surface area contributed by atoms with Crippen LogP contribution in [0.1, 0.15) is 51.5 Å². The second-order valence-electron chi connectivity index (χ2n) is 9.80. The van der Waals surface area contributed by atoms with Crippen LogP contribution in [-0.2, 0) is 9.53 Å². The van der Waals surface area contributed by atoms with Gasteiger partial charge in [-0.2, -0.15) is 0 Å². The third-order valence-corrected chi connectivity index (χ3v) is 7.61. The topological polar surface area (TPSA) is 88.5 Å². The number of aromatic nitrogens is 2. The largest absolute Gasteiger partial charge is 0.465 e. The third kappa shape index (κ3) is 5.69. The summed E-state index contributed by atoms with van der Waals surface area (Å²) in [5.41, 5.74) is 5.36. The van der Waals surface area contributed by atoms with Gasteiger partial charge in [0.1, 0.15) is 5.82 Å². The number of esters is 1. The van der Waals surface area contributed by atoms with Crippen LogP contribution in [0.3, 0.4) is 0 Å². The van der Waals surface area contributed by atoms with E-state index in [-0.39, 0.29) is 30.1 Å². The van der Waals surface area contributed by atoms with E-state index in [1.165, 1.54) is 19.2 Å². The van der Waals surface area contributed by atoms with E-state index in [4.69, 9.17) is 17.0 Å². The number of amides is 1. The molecular formula is C31H30FN5O3S. The smallest absolute Gasteiger partial charge is 0.337 e. The summed E-state index contributed by atoms with van der Waals surface area (Å²) in [4.78, 5) is 31.3. The Morgan fingerprint density at radius 3 is 2.49 bits per heavy atom. The van der Waals surface area contributed by atoms with Gasteiger partial charge in [0.05, 0.1) is 36.1 Å². The number of nitrogens with zero attached hydrogens (tertiary/aromatic N) is 3. The summed E-state index contributed by atoms with van der Waals surface area (Å²) in [5, 5.41) is 6.58. The van der Waals surface area contributed by atoms with Crippen LogP contribution in [0.2, 0.25) is 0 Å². The van der Waals surface area contributed by atoms with Crippen molar-refractivity contribution >= 4 is 34.9 Å². The van der Waals surface area contributed by atoms with Crippen molar-refractivity contribution in [2.45, 2.75) is 32.4 Å². The lowest BCUT2D eigenvalue weighted by Crippen LogP contribution is -2.33. The van der Waals surface area contributed by atoms with E-state index in [0.29, 0.717) is 17.2 Å². The van der Waals surface area contributed by atoms with Gasteiger partial charge >= 0.3 is 5.97 Å². The highest BCUT2D eigenvalue weighted by atomic mass is 32.1. The molecule has 2 aromatic heterocycles. The number of hydrogen-bond donors (Lipinski definition) is 2. The van der Waals surface area contributed by atoms with Crippen molar-refractivity contribution in [1.82, 2.24) is 19.8 Å². The SMILES string of the molecule is COC(=O)c1ccc(-n2c(C)cc([C@@H]3[C@@H](c4ccccn4)NC(=S)N3CCC(=O)Nc3ccccc3F)c2C)cc1. The third-order valence-electron chi connectivity index (χ3n) is 7.26. The van der Waals surface area contributed by atoms with Crippen molar-refractivity contribution in [1.29, 1.82) is 0 Å². The van der Waals surface area contributed by atoms with Crippen LogP contribution in [0.25, 0.3) is 5.69 Å². The average Bonchev–Trinajstić information content (AvgIpc) is 3.47. The first-order chi connectivity index (χ1) is 19.8. The molecule has 41 heavy (non-hydrogen) atoms. The molecule has 0 bridgehead atoms. The number of ether oxygens (including phenoxy) is 1. The lowest BCUT2D eigenvalue weighted by molar-refractivity contribution is -0.116. The van der Waals surface area contributed by atoms with Crippen LogP contribution in [0, 0.1) is 19.7 Å². The molecule has 0 radical (unpaired) electrons. The molecule has 2 atom stereocenters. The number of halogens is 1. The number of carbonyl (C=O) groups is 2. The molecule has 3 heterocycles. The predicted octanol–water partition coefficient (Wildman–Crippen LogP) is 5.42. The van der Waals surface area contributed by atoms with E-state index in [0.717, 1.165) is 28.3 Å². The summed E-state index contributed by atoms with van der Waals surface area (Å²) < 4.78 is 21.0. The molecule has 10 heteroatoms. The highest BCUT2D eigenvalue weighted by Crippen LogP contribution is 2.41. The number of pyridine rings is 1. The van der Waals surface area contributed by atoms with E-state index in [2.05, 4.69) is 26.3 Å². The number of thiocarbonyl (C=S) groups is 1. The van der Waals surface area contributed by atoms with Gasteiger partial charge in [-0.05, 0) is 86.2 Å². The minimum atomic E-state index is -0.487. The summed E-state index contributed by atoms with van der Waals surface area (Å²) in [6, 6.07) is 20.7. The highest BCUT2D eigenvalue weighted by molar-refractivity contribution is 7.80. The van der Waals surface area contributed by atoms with Crippen molar-refractivity contribution in [3.8, 4) is 5.69 Å². The number of methoxy groups -OCH3 is 1. The summed E-state index contributed by atoms with van der Waals surface area (Å²) in [6.45, 7) is 4.38. The summed E-state index contributed by atoms with van der Waals surface area (Å²) in [7, 11) is 1.36. The maximum absolute atomic E-state index is 14.1. The zero-order chi connectivity index (χ0) is 29.1. The molecule has 5 rings (SSSR count). The molecule has 0 spiro atoms. The predicted molar refractivity (Wildman–Crippen MR) is 158 cm³/mol. The maximum Gasteiger partial charge on any atom is 0.337 e. The molecule has 2 N–H and O–H groups in total. The van der Waals surface area contributed by atoms with Crippen molar-refractivity contribution in [3.05, 3.63) is 113 Å². The molecule has 1 amide bonds. The molecule has 1 fully saturated rings. The lowest BCUT2D eigenvalue weighted by Gasteiger charge is -2.28. The Hall–Kier alpha value is -4.57. The van der Waals surface area contributed by atoms with Crippen LogP contribution < -0.4 is 10.6 Å². The van der Waals surface area contributed by atoms with Crippen LogP contribution in [-0.4, -0.2) is 45.1 Å². The molecule has 0 saturated carbocycles. The first-order valence-corrected chi connectivity index (χ1v) is 13.6. The molecule has 2 aromatic carbocycles. The van der Waals surface area contributed by atoms with Gasteiger partial charge in [0, 0.05) is 36.2 Å². The van der Waals surface area contributed by atoms with E-state index in [9.17, 15) is 14.0 Å². The number of nitrogens with one attached hydrogen (secondary N) is 2. The van der Waals surface area contributed by atoms with Crippen molar-refractivity contribution in [2.24, 2.45) is 0 Å². The molecule has 0 aliphatic carbocycles. The number of anilines is 1. The minimum absolute atomic E-state index is 0.106. The second kappa shape index (κ2) is 11.9. The molecule has 1 saturated heterocycles. The van der Waals surface area contributed by atoms with Gasteiger partial charge in [0.25, 0.3) is 0 Å². The number of rotatable bonds is 8. The van der Waals surface area contributed by atoms with Gasteiger partial charge in [-0.25, -0.2) is 9.18 Å². The number of aryl methyl sites for hydroxylation is 1. The zero-order valence-electron chi connectivity index (χ0n) is 22.9. The average molecular weight is 572 g/mol. The maximum atomic E-state index is 14.1. The van der Waals surface area contributed by atoms with Crippen molar-refractivity contribution in [3.63, 3.8) is 0 Å². The van der Waals surface area contributed by atoms with E-state index in [1.807, 2.05) is 49.1 Å². The van der Waals surface area contributed by atoms with Crippen LogP contribution in [0.4, 0.5) is 10.1 Å². The Balaban J connectivity index is 1.47. The van der Waals surface area contributed by atoms with Crippen LogP contribution in [0.5, 0.6) is 0 Å². The van der Waals surface area contributed by atoms with E-state index in [1.54, 1.807) is 30.5 Å². The molecule has 1 aliphatic heterocycles. The van der Waals surface area contributed by atoms with Crippen molar-refractivity contribution < 1.29 is 18.7 Å². The van der Waals surface area contributed by atoms with Gasteiger partial charge in [-0.15, -0.1) is 0 Å². The number of benzene rings is 2. The van der Waals surface area contributed by atoms with Crippen LogP contribution in [0.15, 0.2) is 79.0 Å². The van der Waals surface area contributed by atoms with Gasteiger partial charge in [0.15, 0.2) is 5.11 Å². The zero-order valence-corrected chi connectivity index (χ0v) is 23.7. The van der Waals surface area contributed by atoms with E-state index >= 15 is 0 Å². The fourth-order valence-electron chi connectivity index (χ4n) is 5.33. The molecule has 1 aliphatic rings. The van der Waals surface area contributed by atoms with E-state index < -0.39 is 11.8 Å². The Labute approximate surface area is 243 Å². The normalized spacial score (nSPS) is 16.4. The second-order valence-corrected chi connectivity index (χ2v) is 10.2. The molecular weight excluding hydrogens is 541 g/mol. The van der Waals surface area contributed by atoms with Crippen LogP contribution >= 0.6 is 12.2 Å². The minimum Gasteiger partial charge on any atom is -0.465 e. The standard InChI is InChI=1S/C31H30FN5O3S/c1-19-18-23(20(2)37(19)22-13-11-21(12-14-22)30(39)40-3)29-28(26-10-6-7-16-33-26)35-31(41)36(29)17-15-27(38)34-25-9-5-4-8-24(25)32/h4-14,16,18,28-29H,15,17H2,1-3H3,(H,34,38)(H,35,41)/t28-,29-/m1/s1. The fourth-order valence-corrected chi connectivity index (χ4v) is 5.66. The quantitative estimate of drug-likeness (QED) is 0.216. The highest BCUT2D eigenvalue weighted by Gasteiger charge is 2.41.